The molecule has 0 bridgehead atoms. The summed E-state index contributed by atoms with van der Waals surface area (Å²) in [6.07, 6.45) is 2.06. The fourth-order valence-electron chi connectivity index (χ4n) is 1.78. The fraction of sp³-hybridized carbons (Fsp3) is 0.286. The van der Waals surface area contributed by atoms with Crippen LogP contribution in [-0.2, 0) is 6.42 Å². The number of rotatable bonds is 4. The molecule has 16 heavy (non-hydrogen) atoms. The van der Waals surface area contributed by atoms with E-state index >= 15 is 0 Å². The van der Waals surface area contributed by atoms with Crippen molar-refractivity contribution < 1.29 is 4.42 Å². The second-order valence-corrected chi connectivity index (χ2v) is 4.00. The van der Waals surface area contributed by atoms with Crippen LogP contribution in [-0.4, -0.2) is 6.54 Å². The van der Waals surface area contributed by atoms with Crippen LogP contribution in [0.1, 0.15) is 17.7 Å². The first-order valence-corrected chi connectivity index (χ1v) is 5.65. The molecule has 0 aliphatic heterocycles. The molecule has 0 aliphatic rings. The van der Waals surface area contributed by atoms with Crippen LogP contribution >= 0.6 is 0 Å². The van der Waals surface area contributed by atoms with E-state index in [4.69, 9.17) is 10.2 Å². The third-order valence-electron chi connectivity index (χ3n) is 2.62. The van der Waals surface area contributed by atoms with Crippen LogP contribution in [0.5, 0.6) is 0 Å². The first-order chi connectivity index (χ1) is 7.79. The Morgan fingerprint density at radius 1 is 1.19 bits per heavy atom. The zero-order chi connectivity index (χ0) is 11.4. The van der Waals surface area contributed by atoms with Gasteiger partial charge in [0.15, 0.2) is 0 Å². The minimum absolute atomic E-state index is 0.740. The summed E-state index contributed by atoms with van der Waals surface area (Å²) < 4.78 is 5.60. The smallest absolute Gasteiger partial charge is 0.134 e. The van der Waals surface area contributed by atoms with Crippen LogP contribution in [0.2, 0.25) is 0 Å². The maximum absolute atomic E-state index is 5.60. The minimum atomic E-state index is 0.740. The SMILES string of the molecule is Cc1ccc(-c2cccc(CCCN)c2)o1. The first kappa shape index (κ1) is 11.0. The highest BCUT2D eigenvalue weighted by Gasteiger charge is 2.03. The first-order valence-electron chi connectivity index (χ1n) is 5.65. The lowest BCUT2D eigenvalue weighted by Gasteiger charge is -2.02. The summed E-state index contributed by atoms with van der Waals surface area (Å²) in [6, 6.07) is 12.4. The van der Waals surface area contributed by atoms with E-state index in [1.165, 1.54) is 5.56 Å². The lowest BCUT2D eigenvalue weighted by atomic mass is 10.1. The van der Waals surface area contributed by atoms with Crippen molar-refractivity contribution >= 4 is 0 Å². The van der Waals surface area contributed by atoms with Gasteiger partial charge in [0, 0.05) is 5.56 Å². The molecule has 0 fully saturated rings. The van der Waals surface area contributed by atoms with Gasteiger partial charge in [-0.05, 0) is 50.1 Å². The van der Waals surface area contributed by atoms with E-state index in [0.29, 0.717) is 0 Å². The van der Waals surface area contributed by atoms with Crippen molar-refractivity contribution in [3.05, 3.63) is 47.7 Å². The Labute approximate surface area is 96.1 Å². The Bertz CT molecular complexity index is 459. The predicted molar refractivity (Wildman–Crippen MR) is 66.3 cm³/mol. The van der Waals surface area contributed by atoms with Crippen molar-refractivity contribution in [3.8, 4) is 11.3 Å². The van der Waals surface area contributed by atoms with Gasteiger partial charge in [-0.2, -0.15) is 0 Å². The highest BCUT2D eigenvalue weighted by atomic mass is 16.3. The summed E-state index contributed by atoms with van der Waals surface area (Å²) in [5.41, 5.74) is 7.97. The third kappa shape index (κ3) is 2.52. The fourth-order valence-corrected chi connectivity index (χ4v) is 1.78. The molecule has 1 heterocycles. The van der Waals surface area contributed by atoms with Crippen molar-refractivity contribution in [3.63, 3.8) is 0 Å². The summed E-state index contributed by atoms with van der Waals surface area (Å²) in [5.74, 6) is 1.88. The summed E-state index contributed by atoms with van der Waals surface area (Å²) in [5, 5.41) is 0. The second kappa shape index (κ2) is 4.99. The molecular formula is C14H17NO. The van der Waals surface area contributed by atoms with Crippen LogP contribution in [0, 0.1) is 6.92 Å². The van der Waals surface area contributed by atoms with E-state index in [1.807, 2.05) is 19.1 Å². The summed E-state index contributed by atoms with van der Waals surface area (Å²) in [6.45, 7) is 2.70. The number of furan rings is 1. The van der Waals surface area contributed by atoms with Gasteiger partial charge in [-0.15, -0.1) is 0 Å². The molecule has 0 radical (unpaired) electrons. The normalized spacial score (nSPS) is 10.6. The minimum Gasteiger partial charge on any atom is -0.461 e. The predicted octanol–water partition coefficient (Wildman–Crippen LogP) is 3.15. The molecule has 1 aromatic carbocycles. The highest BCUT2D eigenvalue weighted by Crippen LogP contribution is 2.23. The zero-order valence-corrected chi connectivity index (χ0v) is 9.57. The summed E-state index contributed by atoms with van der Waals surface area (Å²) >= 11 is 0. The molecule has 0 amide bonds. The molecule has 0 saturated carbocycles. The van der Waals surface area contributed by atoms with Crippen LogP contribution in [0.3, 0.4) is 0 Å². The van der Waals surface area contributed by atoms with Gasteiger partial charge in [-0.1, -0.05) is 18.2 Å². The van der Waals surface area contributed by atoms with Crippen LogP contribution in [0.4, 0.5) is 0 Å². The van der Waals surface area contributed by atoms with E-state index in [1.54, 1.807) is 0 Å². The highest BCUT2D eigenvalue weighted by molar-refractivity contribution is 5.58. The number of hydrogen-bond acceptors (Lipinski definition) is 2. The maximum Gasteiger partial charge on any atom is 0.134 e. The van der Waals surface area contributed by atoms with E-state index in [2.05, 4.69) is 24.3 Å². The quantitative estimate of drug-likeness (QED) is 0.851. The zero-order valence-electron chi connectivity index (χ0n) is 9.57. The van der Waals surface area contributed by atoms with E-state index in [0.717, 1.165) is 36.5 Å². The number of hydrogen-bond donors (Lipinski definition) is 1. The lowest BCUT2D eigenvalue weighted by Crippen LogP contribution is -2.00. The standard InChI is InChI=1S/C14H17NO/c1-11-7-8-14(16-11)13-6-2-4-12(10-13)5-3-9-15/h2,4,6-8,10H,3,5,9,15H2,1H3. The Morgan fingerprint density at radius 3 is 2.75 bits per heavy atom. The molecule has 2 rings (SSSR count). The molecule has 0 unspecified atom stereocenters. The van der Waals surface area contributed by atoms with Gasteiger partial charge >= 0.3 is 0 Å². The molecule has 84 valence electrons. The van der Waals surface area contributed by atoms with Gasteiger partial charge in [0.05, 0.1) is 0 Å². The van der Waals surface area contributed by atoms with E-state index in [9.17, 15) is 0 Å². The largest absolute Gasteiger partial charge is 0.461 e. The summed E-state index contributed by atoms with van der Waals surface area (Å²) in [7, 11) is 0. The number of benzene rings is 1. The van der Waals surface area contributed by atoms with Gasteiger partial charge in [-0.25, -0.2) is 0 Å². The van der Waals surface area contributed by atoms with Crippen LogP contribution in [0.15, 0.2) is 40.8 Å². The van der Waals surface area contributed by atoms with Gasteiger partial charge < -0.3 is 10.2 Å². The van der Waals surface area contributed by atoms with Crippen molar-refractivity contribution in [2.75, 3.05) is 6.54 Å². The van der Waals surface area contributed by atoms with Gasteiger partial charge in [0.2, 0.25) is 0 Å². The van der Waals surface area contributed by atoms with Crippen molar-refractivity contribution in [1.82, 2.24) is 0 Å². The van der Waals surface area contributed by atoms with Crippen LogP contribution in [0.25, 0.3) is 11.3 Å². The molecule has 0 atom stereocenters. The van der Waals surface area contributed by atoms with E-state index in [-0.39, 0.29) is 0 Å². The average Bonchev–Trinajstić information content (AvgIpc) is 2.74. The monoisotopic (exact) mass is 215 g/mol. The Kier molecular flexibility index (Phi) is 3.42. The molecule has 0 saturated heterocycles. The van der Waals surface area contributed by atoms with Gasteiger partial charge in [-0.3, -0.25) is 0 Å². The van der Waals surface area contributed by atoms with Crippen molar-refractivity contribution in [2.45, 2.75) is 19.8 Å². The number of nitrogens with two attached hydrogens (primary N) is 1. The Hall–Kier alpha value is -1.54. The molecule has 0 aliphatic carbocycles. The molecule has 1 aromatic heterocycles. The molecule has 0 spiro atoms. The van der Waals surface area contributed by atoms with Gasteiger partial charge in [0.25, 0.3) is 0 Å². The van der Waals surface area contributed by atoms with Gasteiger partial charge in [0.1, 0.15) is 11.5 Å². The van der Waals surface area contributed by atoms with Crippen molar-refractivity contribution in [2.24, 2.45) is 5.73 Å². The molecule has 2 N–H and O–H groups in total. The van der Waals surface area contributed by atoms with E-state index < -0.39 is 0 Å². The third-order valence-corrected chi connectivity index (χ3v) is 2.62. The maximum atomic E-state index is 5.60. The Morgan fingerprint density at radius 2 is 2.06 bits per heavy atom. The molecule has 2 aromatic rings. The lowest BCUT2D eigenvalue weighted by molar-refractivity contribution is 0.548. The topological polar surface area (TPSA) is 39.2 Å². The summed E-state index contributed by atoms with van der Waals surface area (Å²) in [4.78, 5) is 0. The van der Waals surface area contributed by atoms with Crippen LogP contribution < -0.4 is 5.73 Å². The Balaban J connectivity index is 2.22. The second-order valence-electron chi connectivity index (χ2n) is 4.00. The number of aryl methyl sites for hydroxylation is 2. The molecule has 2 heteroatoms. The molecular weight excluding hydrogens is 198 g/mol. The molecule has 2 nitrogen and oxygen atoms in total. The van der Waals surface area contributed by atoms with Crippen molar-refractivity contribution in [1.29, 1.82) is 0 Å². The average molecular weight is 215 g/mol.